The molecule has 9 aromatic carbocycles. The summed E-state index contributed by atoms with van der Waals surface area (Å²) in [7, 11) is 0. The molecule has 0 N–H and O–H groups in total. The first-order valence-electron chi connectivity index (χ1n) is 20.0. The Hall–Kier alpha value is -6.50. The van der Waals surface area contributed by atoms with Gasteiger partial charge in [-0.3, -0.25) is 0 Å². The molecule has 0 spiro atoms. The fourth-order valence-electron chi connectivity index (χ4n) is 10.7. The zero-order valence-electron chi connectivity index (χ0n) is 32.3. The number of hydrogen-bond acceptors (Lipinski definition) is 0. The summed E-state index contributed by atoms with van der Waals surface area (Å²) in [6.45, 7) is 9.75. The van der Waals surface area contributed by atoms with Gasteiger partial charge >= 0.3 is 0 Å². The molecule has 0 heteroatoms. The van der Waals surface area contributed by atoms with E-state index in [1.165, 1.54) is 111 Å². The van der Waals surface area contributed by atoms with Crippen LogP contribution in [-0.4, -0.2) is 0 Å². The maximum atomic E-state index is 2.46. The highest BCUT2D eigenvalue weighted by molar-refractivity contribution is 6.27. The molecular weight excluding hydrogens is 673 g/mol. The molecule has 0 heterocycles. The first-order chi connectivity index (χ1) is 27.4. The normalized spacial score (nSPS) is 14.4. The Kier molecular flexibility index (Phi) is 7.05. The van der Waals surface area contributed by atoms with Crippen LogP contribution in [0.5, 0.6) is 0 Å². The monoisotopic (exact) mass is 714 g/mol. The average Bonchev–Trinajstić information content (AvgIpc) is 3.63. The van der Waals surface area contributed by atoms with Crippen molar-refractivity contribution >= 4 is 21.5 Å². The van der Waals surface area contributed by atoms with Gasteiger partial charge in [-0.1, -0.05) is 210 Å². The van der Waals surface area contributed by atoms with Crippen molar-refractivity contribution in [1.29, 1.82) is 0 Å². The molecule has 0 bridgehead atoms. The maximum Gasteiger partial charge on any atom is 0.0165 e. The van der Waals surface area contributed by atoms with Crippen molar-refractivity contribution in [3.05, 3.63) is 204 Å². The first kappa shape index (κ1) is 32.9. The van der Waals surface area contributed by atoms with E-state index in [9.17, 15) is 0 Å². The molecule has 0 atom stereocenters. The lowest BCUT2D eigenvalue weighted by molar-refractivity contribution is 0.665. The standard InChI is InChI=1S/C56H42/c1-55(2)47-29-17-15-25-39(47)43-31-33-45-50(42-28-14-12-24-38(42)36-21-9-6-10-22-36)52-46(34-32-44-40-26-16-18-30-48(40)56(3,4)54(44)52)49(51(45)53(43)55)41-27-13-11-23-37(41)35-19-7-5-8-20-35/h5-34H,1-4H3. The number of benzene rings is 9. The lowest BCUT2D eigenvalue weighted by Gasteiger charge is -2.30. The van der Waals surface area contributed by atoms with E-state index in [2.05, 4.69) is 210 Å². The van der Waals surface area contributed by atoms with Gasteiger partial charge in [0.1, 0.15) is 0 Å². The lowest BCUT2D eigenvalue weighted by atomic mass is 9.72. The van der Waals surface area contributed by atoms with Crippen molar-refractivity contribution < 1.29 is 0 Å². The SMILES string of the molecule is CC1(C)c2ccccc2-c2ccc3c(-c4ccccc4-c4ccccc4)c4c5c(ccc4c(-c4ccccc4-c4ccccc4)c3c21)-c1ccccc1C5(C)C. The lowest BCUT2D eigenvalue weighted by Crippen LogP contribution is -2.17. The van der Waals surface area contributed by atoms with Gasteiger partial charge in [-0.2, -0.15) is 0 Å². The highest BCUT2D eigenvalue weighted by Gasteiger charge is 2.41. The van der Waals surface area contributed by atoms with Crippen LogP contribution in [0, 0.1) is 0 Å². The second-order valence-corrected chi connectivity index (χ2v) is 16.7. The van der Waals surface area contributed by atoms with E-state index in [4.69, 9.17) is 0 Å². The van der Waals surface area contributed by atoms with Crippen molar-refractivity contribution in [2.75, 3.05) is 0 Å². The Labute approximate surface area is 329 Å². The number of hydrogen-bond donors (Lipinski definition) is 0. The quantitative estimate of drug-likeness (QED) is 0.159. The van der Waals surface area contributed by atoms with E-state index in [0.717, 1.165) is 0 Å². The van der Waals surface area contributed by atoms with Crippen LogP contribution in [0.25, 0.3) is 88.3 Å². The van der Waals surface area contributed by atoms with Crippen LogP contribution >= 0.6 is 0 Å². The number of rotatable bonds is 4. The third-order valence-electron chi connectivity index (χ3n) is 13.0. The van der Waals surface area contributed by atoms with Gasteiger partial charge in [-0.25, -0.2) is 0 Å². The van der Waals surface area contributed by atoms with E-state index in [0.29, 0.717) is 0 Å². The molecule has 0 radical (unpaired) electrons. The van der Waals surface area contributed by atoms with Crippen LogP contribution in [0.1, 0.15) is 49.9 Å². The van der Waals surface area contributed by atoms with Crippen LogP contribution in [0.3, 0.4) is 0 Å². The van der Waals surface area contributed by atoms with Gasteiger partial charge in [0.2, 0.25) is 0 Å². The summed E-state index contributed by atoms with van der Waals surface area (Å²) < 4.78 is 0. The van der Waals surface area contributed by atoms with Gasteiger partial charge in [0.25, 0.3) is 0 Å². The Morgan fingerprint density at radius 2 is 0.589 bits per heavy atom. The zero-order valence-corrected chi connectivity index (χ0v) is 32.3. The van der Waals surface area contributed by atoms with E-state index in [1.807, 2.05) is 0 Å². The van der Waals surface area contributed by atoms with Crippen LogP contribution in [0.2, 0.25) is 0 Å². The molecule has 2 aliphatic rings. The molecular formula is C56H42. The van der Waals surface area contributed by atoms with Crippen molar-refractivity contribution in [1.82, 2.24) is 0 Å². The molecule has 56 heavy (non-hydrogen) atoms. The van der Waals surface area contributed by atoms with Gasteiger partial charge in [-0.05, 0) is 111 Å². The Morgan fingerprint density at radius 1 is 0.268 bits per heavy atom. The fourth-order valence-corrected chi connectivity index (χ4v) is 10.7. The average molecular weight is 715 g/mol. The largest absolute Gasteiger partial charge is 0.0622 e. The first-order valence-corrected chi connectivity index (χ1v) is 20.0. The summed E-state index contributed by atoms with van der Waals surface area (Å²) in [5, 5.41) is 5.31. The smallest absolute Gasteiger partial charge is 0.0165 e. The topological polar surface area (TPSA) is 0 Å². The Balaban J connectivity index is 1.42. The van der Waals surface area contributed by atoms with Gasteiger partial charge in [0, 0.05) is 10.8 Å². The Morgan fingerprint density at radius 3 is 0.982 bits per heavy atom. The zero-order chi connectivity index (χ0) is 37.8. The molecule has 0 unspecified atom stereocenters. The molecule has 0 aromatic heterocycles. The summed E-state index contributed by atoms with van der Waals surface area (Å²) in [6.07, 6.45) is 0. The molecule has 11 rings (SSSR count). The molecule has 9 aromatic rings. The molecule has 0 saturated carbocycles. The third-order valence-corrected chi connectivity index (χ3v) is 13.0. The highest BCUT2D eigenvalue weighted by atomic mass is 14.4. The predicted octanol–water partition coefficient (Wildman–Crippen LogP) is 15.3. The van der Waals surface area contributed by atoms with E-state index < -0.39 is 0 Å². The molecule has 266 valence electrons. The van der Waals surface area contributed by atoms with Gasteiger partial charge in [-0.15, -0.1) is 0 Å². The highest BCUT2D eigenvalue weighted by Crippen LogP contribution is 2.60. The summed E-state index contributed by atoms with van der Waals surface area (Å²) in [5.74, 6) is 0. The molecule has 0 saturated heterocycles. The molecule has 2 aliphatic carbocycles. The second kappa shape index (κ2) is 12.0. The molecule has 0 aliphatic heterocycles. The minimum atomic E-state index is -0.224. The minimum absolute atomic E-state index is 0.224. The second-order valence-electron chi connectivity index (χ2n) is 16.7. The van der Waals surface area contributed by atoms with E-state index >= 15 is 0 Å². The summed E-state index contributed by atoms with van der Waals surface area (Å²) >= 11 is 0. The summed E-state index contributed by atoms with van der Waals surface area (Å²) in [6, 6.07) is 68.1. The fraction of sp³-hybridized carbons (Fsp3) is 0.107. The summed E-state index contributed by atoms with van der Waals surface area (Å²) in [4.78, 5) is 0. The van der Waals surface area contributed by atoms with Gasteiger partial charge in [0.05, 0.1) is 0 Å². The molecule has 0 nitrogen and oxygen atoms in total. The maximum absolute atomic E-state index is 2.46. The Bertz CT molecular complexity index is 2840. The molecule has 0 amide bonds. The van der Waals surface area contributed by atoms with Gasteiger partial charge in [0.15, 0.2) is 0 Å². The van der Waals surface area contributed by atoms with Gasteiger partial charge < -0.3 is 0 Å². The van der Waals surface area contributed by atoms with E-state index in [-0.39, 0.29) is 10.8 Å². The van der Waals surface area contributed by atoms with Crippen LogP contribution in [0.4, 0.5) is 0 Å². The number of fused-ring (bicyclic) bond motifs is 10. The van der Waals surface area contributed by atoms with Crippen LogP contribution in [-0.2, 0) is 10.8 Å². The van der Waals surface area contributed by atoms with Crippen molar-refractivity contribution in [2.45, 2.75) is 38.5 Å². The third kappa shape index (κ3) is 4.47. The predicted molar refractivity (Wildman–Crippen MR) is 238 cm³/mol. The van der Waals surface area contributed by atoms with Crippen molar-refractivity contribution in [3.8, 4) is 66.8 Å². The van der Waals surface area contributed by atoms with Crippen molar-refractivity contribution in [3.63, 3.8) is 0 Å². The molecule has 0 fully saturated rings. The summed E-state index contributed by atoms with van der Waals surface area (Å²) in [5.41, 5.74) is 20.7. The van der Waals surface area contributed by atoms with E-state index in [1.54, 1.807) is 0 Å². The minimum Gasteiger partial charge on any atom is -0.0622 e. The van der Waals surface area contributed by atoms with Crippen molar-refractivity contribution in [2.24, 2.45) is 0 Å². The van der Waals surface area contributed by atoms with Crippen LogP contribution < -0.4 is 0 Å². The van der Waals surface area contributed by atoms with Crippen LogP contribution in [0.15, 0.2) is 182 Å².